The van der Waals surface area contributed by atoms with Crippen molar-refractivity contribution in [1.29, 1.82) is 0 Å². The standard InChI is InChI=1S/C23H24ClN3O4/c1-23(2,3)31-22(30)27-13-19-16(10-18(27)21(28)29)15-6-4-5-7-17(15)26(19)12-14-8-9-20(24)25-11-14/h4-9,11,18H,10,12-13H2,1-3H3,(H,28,29)/t18-/m0/s1. The number of amides is 1. The van der Waals surface area contributed by atoms with Gasteiger partial charge in [0, 0.05) is 35.8 Å². The van der Waals surface area contributed by atoms with Crippen LogP contribution in [-0.2, 0) is 29.0 Å². The molecule has 0 aliphatic carbocycles. The molecule has 4 rings (SSSR count). The van der Waals surface area contributed by atoms with Gasteiger partial charge in [0.05, 0.1) is 6.54 Å². The molecule has 2 aromatic heterocycles. The van der Waals surface area contributed by atoms with E-state index in [0.29, 0.717) is 11.7 Å². The summed E-state index contributed by atoms with van der Waals surface area (Å²) in [5, 5.41) is 11.3. The fourth-order valence-corrected chi connectivity index (χ4v) is 4.12. The van der Waals surface area contributed by atoms with Crippen molar-refractivity contribution >= 4 is 34.6 Å². The maximum Gasteiger partial charge on any atom is 0.411 e. The van der Waals surface area contributed by atoms with Gasteiger partial charge in [0.2, 0.25) is 0 Å². The smallest absolute Gasteiger partial charge is 0.411 e. The summed E-state index contributed by atoms with van der Waals surface area (Å²) in [6.45, 7) is 5.97. The SMILES string of the molecule is CC(C)(C)OC(=O)N1Cc2c(c3ccccc3n2Cc2ccc(Cl)nc2)C[C@H]1C(=O)O. The van der Waals surface area contributed by atoms with E-state index in [2.05, 4.69) is 9.55 Å². The maximum absolute atomic E-state index is 12.9. The summed E-state index contributed by atoms with van der Waals surface area (Å²) in [6.07, 6.45) is 1.31. The third-order valence-electron chi connectivity index (χ3n) is 5.33. The second kappa shape index (κ2) is 7.89. The zero-order valence-electron chi connectivity index (χ0n) is 17.6. The zero-order chi connectivity index (χ0) is 22.3. The van der Waals surface area contributed by atoms with E-state index in [1.54, 1.807) is 33.0 Å². The molecule has 7 nitrogen and oxygen atoms in total. The Kier molecular flexibility index (Phi) is 5.39. The van der Waals surface area contributed by atoms with E-state index < -0.39 is 23.7 Å². The lowest BCUT2D eigenvalue weighted by molar-refractivity contribution is -0.143. The number of hydrogen-bond donors (Lipinski definition) is 1. The first kappa shape index (κ1) is 21.2. The van der Waals surface area contributed by atoms with Crippen molar-refractivity contribution in [3.63, 3.8) is 0 Å². The number of nitrogens with zero attached hydrogens (tertiary/aromatic N) is 3. The van der Waals surface area contributed by atoms with Gasteiger partial charge in [-0.15, -0.1) is 0 Å². The molecule has 0 fully saturated rings. The largest absolute Gasteiger partial charge is 0.480 e. The number of rotatable bonds is 3. The number of carbonyl (C=O) groups excluding carboxylic acids is 1. The highest BCUT2D eigenvalue weighted by atomic mass is 35.5. The number of aliphatic carboxylic acids is 1. The summed E-state index contributed by atoms with van der Waals surface area (Å²) in [7, 11) is 0. The molecule has 0 unspecified atom stereocenters. The van der Waals surface area contributed by atoms with Crippen LogP contribution in [0.1, 0.15) is 37.6 Å². The van der Waals surface area contributed by atoms with E-state index in [1.165, 1.54) is 4.90 Å². The van der Waals surface area contributed by atoms with Gasteiger partial charge in [-0.1, -0.05) is 35.9 Å². The van der Waals surface area contributed by atoms with Crippen LogP contribution in [0.25, 0.3) is 10.9 Å². The van der Waals surface area contributed by atoms with E-state index in [4.69, 9.17) is 16.3 Å². The van der Waals surface area contributed by atoms with Crippen LogP contribution in [0.2, 0.25) is 5.15 Å². The zero-order valence-corrected chi connectivity index (χ0v) is 18.4. The van der Waals surface area contributed by atoms with Crippen molar-refractivity contribution in [3.8, 4) is 0 Å². The molecule has 1 N–H and O–H groups in total. The van der Waals surface area contributed by atoms with Gasteiger partial charge in [-0.2, -0.15) is 0 Å². The predicted octanol–water partition coefficient (Wildman–Crippen LogP) is 4.48. The number of pyridine rings is 1. The molecular formula is C23H24ClN3O4. The molecular weight excluding hydrogens is 418 g/mol. The quantitative estimate of drug-likeness (QED) is 0.605. The summed E-state index contributed by atoms with van der Waals surface area (Å²) >= 11 is 5.92. The number of aromatic nitrogens is 2. The summed E-state index contributed by atoms with van der Waals surface area (Å²) < 4.78 is 7.62. The maximum atomic E-state index is 12.9. The van der Waals surface area contributed by atoms with Crippen LogP contribution in [0.5, 0.6) is 0 Å². The second-order valence-electron chi connectivity index (χ2n) is 8.68. The van der Waals surface area contributed by atoms with Crippen LogP contribution < -0.4 is 0 Å². The highest BCUT2D eigenvalue weighted by Gasteiger charge is 2.39. The van der Waals surface area contributed by atoms with Crippen LogP contribution in [-0.4, -0.2) is 43.3 Å². The molecule has 1 aromatic carbocycles. The molecule has 3 heterocycles. The Morgan fingerprint density at radius 1 is 1.23 bits per heavy atom. The van der Waals surface area contributed by atoms with Gasteiger partial charge < -0.3 is 14.4 Å². The predicted molar refractivity (Wildman–Crippen MR) is 117 cm³/mol. The van der Waals surface area contributed by atoms with Gasteiger partial charge in [0.15, 0.2) is 0 Å². The number of carbonyl (C=O) groups is 2. The molecule has 0 saturated carbocycles. The molecule has 31 heavy (non-hydrogen) atoms. The van der Waals surface area contributed by atoms with Crippen molar-refractivity contribution in [2.45, 2.75) is 51.9 Å². The molecule has 0 radical (unpaired) electrons. The third kappa shape index (κ3) is 4.23. The average Bonchev–Trinajstić information content (AvgIpc) is 3.00. The Labute approximate surface area is 185 Å². The van der Waals surface area contributed by atoms with Gasteiger partial charge in [-0.05, 0) is 44.0 Å². The normalized spacial score (nSPS) is 16.3. The molecule has 1 amide bonds. The number of hydrogen-bond acceptors (Lipinski definition) is 4. The van der Waals surface area contributed by atoms with E-state index >= 15 is 0 Å². The van der Waals surface area contributed by atoms with E-state index in [0.717, 1.165) is 27.7 Å². The van der Waals surface area contributed by atoms with Crippen LogP contribution in [0.15, 0.2) is 42.6 Å². The Balaban J connectivity index is 1.80. The van der Waals surface area contributed by atoms with Crippen LogP contribution in [0.4, 0.5) is 4.79 Å². The first-order valence-electron chi connectivity index (χ1n) is 10.1. The number of ether oxygens (including phenoxy) is 1. The van der Waals surface area contributed by atoms with Gasteiger partial charge in [0.1, 0.15) is 16.8 Å². The Morgan fingerprint density at radius 3 is 2.61 bits per heavy atom. The van der Waals surface area contributed by atoms with Gasteiger partial charge in [-0.3, -0.25) is 4.90 Å². The number of halogens is 1. The monoisotopic (exact) mass is 441 g/mol. The van der Waals surface area contributed by atoms with Crippen molar-refractivity contribution in [3.05, 3.63) is 64.6 Å². The van der Waals surface area contributed by atoms with Crippen molar-refractivity contribution in [2.24, 2.45) is 0 Å². The summed E-state index contributed by atoms with van der Waals surface area (Å²) in [5.41, 5.74) is 3.07. The van der Waals surface area contributed by atoms with E-state index in [1.807, 2.05) is 30.3 Å². The van der Waals surface area contributed by atoms with Crippen molar-refractivity contribution in [2.75, 3.05) is 0 Å². The Hall–Kier alpha value is -3.06. The molecule has 162 valence electrons. The topological polar surface area (TPSA) is 84.7 Å². The minimum Gasteiger partial charge on any atom is -0.480 e. The molecule has 1 aliphatic heterocycles. The van der Waals surface area contributed by atoms with E-state index in [9.17, 15) is 14.7 Å². The van der Waals surface area contributed by atoms with Gasteiger partial charge in [-0.25, -0.2) is 14.6 Å². The minimum atomic E-state index is -1.05. The fraction of sp³-hybridized carbons (Fsp3) is 0.348. The molecule has 0 bridgehead atoms. The second-order valence-corrected chi connectivity index (χ2v) is 9.07. The molecule has 1 atom stereocenters. The third-order valence-corrected chi connectivity index (χ3v) is 5.55. The van der Waals surface area contributed by atoms with E-state index in [-0.39, 0.29) is 13.0 Å². The first-order valence-corrected chi connectivity index (χ1v) is 10.4. The number of fused-ring (bicyclic) bond motifs is 3. The lowest BCUT2D eigenvalue weighted by atomic mass is 9.97. The number of carboxylic acids is 1. The van der Waals surface area contributed by atoms with Crippen LogP contribution in [0, 0.1) is 0 Å². The Bertz CT molecular complexity index is 1150. The number of carboxylic acid groups (broad SMARTS) is 1. The van der Waals surface area contributed by atoms with Crippen molar-refractivity contribution < 1.29 is 19.4 Å². The molecule has 0 saturated heterocycles. The average molecular weight is 442 g/mol. The lowest BCUT2D eigenvalue weighted by Gasteiger charge is -2.35. The van der Waals surface area contributed by atoms with Gasteiger partial charge in [0.25, 0.3) is 0 Å². The fourth-order valence-electron chi connectivity index (χ4n) is 4.01. The summed E-state index contributed by atoms with van der Waals surface area (Å²) in [5.74, 6) is -1.05. The van der Waals surface area contributed by atoms with Gasteiger partial charge >= 0.3 is 12.1 Å². The van der Waals surface area contributed by atoms with Crippen molar-refractivity contribution in [1.82, 2.24) is 14.5 Å². The molecule has 0 spiro atoms. The number of para-hydroxylation sites is 1. The Morgan fingerprint density at radius 2 is 1.97 bits per heavy atom. The molecule has 8 heteroatoms. The van der Waals surface area contributed by atoms with Crippen LogP contribution >= 0.6 is 11.6 Å². The summed E-state index contributed by atoms with van der Waals surface area (Å²) in [4.78, 5) is 30.4. The summed E-state index contributed by atoms with van der Waals surface area (Å²) in [6, 6.07) is 10.5. The van der Waals surface area contributed by atoms with Crippen LogP contribution in [0.3, 0.4) is 0 Å². The molecule has 1 aliphatic rings. The highest BCUT2D eigenvalue weighted by molar-refractivity contribution is 6.29. The lowest BCUT2D eigenvalue weighted by Crippen LogP contribution is -2.50. The minimum absolute atomic E-state index is 0.150. The molecule has 3 aromatic rings. The first-order chi connectivity index (χ1) is 14.6. The number of benzene rings is 1. The highest BCUT2D eigenvalue weighted by Crippen LogP contribution is 2.34.